The number of carbonyl (C=O) groups is 2. The molecule has 0 aliphatic rings. The van der Waals surface area contributed by atoms with Gasteiger partial charge in [-0.3, -0.25) is 18.6 Å². The summed E-state index contributed by atoms with van der Waals surface area (Å²) in [5, 5.41) is 18.3. The Morgan fingerprint density at radius 2 is 1.08 bits per heavy atom. The third kappa shape index (κ3) is 36.3. The van der Waals surface area contributed by atoms with Crippen LogP contribution < -0.4 is 0 Å². The SMILES string of the molecule is CCC=CCC=CCC=CCCCCCCCC(=O)OC(COC(=O)CCCCCCCCCCCCCCC)COP(=O)(O)OCC(O)CO. The molecule has 0 saturated carbocycles. The van der Waals surface area contributed by atoms with Gasteiger partial charge < -0.3 is 24.6 Å². The lowest BCUT2D eigenvalue weighted by Gasteiger charge is -2.20. The van der Waals surface area contributed by atoms with Crippen LogP contribution in [0.3, 0.4) is 0 Å². The largest absolute Gasteiger partial charge is 0.472 e. The van der Waals surface area contributed by atoms with Crippen LogP contribution >= 0.6 is 7.82 Å². The molecule has 0 rings (SSSR count). The van der Waals surface area contributed by atoms with Gasteiger partial charge in [0.25, 0.3) is 0 Å². The number of hydrogen-bond acceptors (Lipinski definition) is 9. The third-order valence-corrected chi connectivity index (χ3v) is 9.26. The van der Waals surface area contributed by atoms with E-state index in [0.717, 1.165) is 70.6 Å². The van der Waals surface area contributed by atoms with Gasteiger partial charge in [-0.2, -0.15) is 0 Å². The maximum absolute atomic E-state index is 12.6. The maximum atomic E-state index is 12.6. The quantitative estimate of drug-likeness (QED) is 0.0243. The first-order valence-electron chi connectivity index (χ1n) is 19.9. The van der Waals surface area contributed by atoms with Crippen LogP contribution in [0.5, 0.6) is 0 Å². The van der Waals surface area contributed by atoms with Crippen molar-refractivity contribution in [2.45, 2.75) is 180 Å². The van der Waals surface area contributed by atoms with E-state index in [1.165, 1.54) is 57.8 Å². The number of phosphoric ester groups is 1. The summed E-state index contributed by atoms with van der Waals surface area (Å²) in [7, 11) is -4.62. The summed E-state index contributed by atoms with van der Waals surface area (Å²) in [6.07, 6.45) is 35.4. The predicted octanol–water partition coefficient (Wildman–Crippen LogP) is 10.00. The number of aliphatic hydroxyl groups excluding tert-OH is 2. The summed E-state index contributed by atoms with van der Waals surface area (Å²) in [6, 6.07) is 0. The van der Waals surface area contributed by atoms with E-state index in [2.05, 4.69) is 54.8 Å². The van der Waals surface area contributed by atoms with Gasteiger partial charge in [-0.15, -0.1) is 0 Å². The van der Waals surface area contributed by atoms with Crippen molar-refractivity contribution < 1.29 is 47.8 Å². The second kappa shape index (κ2) is 36.5. The Bertz CT molecular complexity index is 952. The molecule has 0 heterocycles. The van der Waals surface area contributed by atoms with Crippen molar-refractivity contribution in [3.8, 4) is 0 Å². The van der Waals surface area contributed by atoms with Gasteiger partial charge in [-0.25, -0.2) is 4.57 Å². The fourth-order valence-corrected chi connectivity index (χ4v) is 6.03. The van der Waals surface area contributed by atoms with Gasteiger partial charge in [-0.05, 0) is 44.9 Å². The molecular weight excluding hydrogens is 671 g/mol. The normalized spacial score (nSPS) is 14.4. The fraction of sp³-hybridized carbons (Fsp3) is 0.800. The molecule has 0 aliphatic heterocycles. The van der Waals surface area contributed by atoms with Crippen molar-refractivity contribution in [2.24, 2.45) is 0 Å². The summed E-state index contributed by atoms with van der Waals surface area (Å²) < 4.78 is 32.6. The smallest absolute Gasteiger partial charge is 0.462 e. The van der Waals surface area contributed by atoms with Crippen molar-refractivity contribution in [1.29, 1.82) is 0 Å². The highest BCUT2D eigenvalue weighted by molar-refractivity contribution is 7.47. The third-order valence-electron chi connectivity index (χ3n) is 8.31. The molecule has 51 heavy (non-hydrogen) atoms. The molecule has 10 nitrogen and oxygen atoms in total. The summed E-state index contributed by atoms with van der Waals surface area (Å²) in [6.45, 7) is 2.24. The molecule has 3 atom stereocenters. The molecular formula is C40H73O10P. The summed E-state index contributed by atoms with van der Waals surface area (Å²) in [5.74, 6) is -0.943. The van der Waals surface area contributed by atoms with Crippen LogP contribution in [0.25, 0.3) is 0 Å². The van der Waals surface area contributed by atoms with Gasteiger partial charge in [0.05, 0.1) is 19.8 Å². The van der Waals surface area contributed by atoms with Gasteiger partial charge in [0.15, 0.2) is 6.10 Å². The second-order valence-corrected chi connectivity index (χ2v) is 14.7. The van der Waals surface area contributed by atoms with Crippen LogP contribution in [-0.4, -0.2) is 65.7 Å². The molecule has 0 aliphatic carbocycles. The predicted molar refractivity (Wildman–Crippen MR) is 205 cm³/mol. The summed E-state index contributed by atoms with van der Waals surface area (Å²) in [5.41, 5.74) is 0. The molecule has 3 unspecified atom stereocenters. The fourth-order valence-electron chi connectivity index (χ4n) is 5.24. The average Bonchev–Trinajstić information content (AvgIpc) is 3.12. The van der Waals surface area contributed by atoms with Crippen molar-refractivity contribution in [3.63, 3.8) is 0 Å². The Morgan fingerprint density at radius 3 is 1.63 bits per heavy atom. The minimum atomic E-state index is -4.62. The van der Waals surface area contributed by atoms with E-state index in [1.54, 1.807) is 0 Å². The van der Waals surface area contributed by atoms with E-state index in [-0.39, 0.29) is 19.4 Å². The van der Waals surface area contributed by atoms with Crippen molar-refractivity contribution in [3.05, 3.63) is 36.5 Å². The zero-order valence-electron chi connectivity index (χ0n) is 32.1. The standard InChI is InChI=1S/C40H73O10P/c1-3-5-7-9-11-13-15-17-18-20-22-24-26-28-30-32-40(44)50-38(36-49-51(45,46)48-34-37(42)33-41)35-47-39(43)31-29-27-25-23-21-19-16-14-12-10-8-6-4-2/h5,7,11,13,17-18,37-38,41-42H,3-4,6,8-10,12,14-16,19-36H2,1-2H3,(H,45,46). The number of phosphoric acid groups is 1. The molecule has 0 aromatic heterocycles. The Hall–Kier alpha value is -1.81. The van der Waals surface area contributed by atoms with Crippen LogP contribution in [0.4, 0.5) is 0 Å². The van der Waals surface area contributed by atoms with Crippen LogP contribution in [0, 0.1) is 0 Å². The minimum absolute atomic E-state index is 0.166. The van der Waals surface area contributed by atoms with Crippen LogP contribution in [0.2, 0.25) is 0 Å². The van der Waals surface area contributed by atoms with E-state index in [9.17, 15) is 24.2 Å². The van der Waals surface area contributed by atoms with Crippen LogP contribution in [0.15, 0.2) is 36.5 Å². The van der Waals surface area contributed by atoms with Crippen molar-refractivity contribution >= 4 is 19.8 Å². The van der Waals surface area contributed by atoms with Gasteiger partial charge in [0, 0.05) is 12.8 Å². The molecule has 298 valence electrons. The van der Waals surface area contributed by atoms with Gasteiger partial charge >= 0.3 is 19.8 Å². The first kappa shape index (κ1) is 49.2. The average molecular weight is 745 g/mol. The number of aliphatic hydroxyl groups is 2. The van der Waals surface area contributed by atoms with Gasteiger partial charge in [-0.1, -0.05) is 147 Å². The number of allylic oxidation sites excluding steroid dienone is 6. The Kier molecular flexibility index (Phi) is 35.2. The lowest BCUT2D eigenvalue weighted by Crippen LogP contribution is -2.29. The molecule has 0 fully saturated rings. The molecule has 0 radical (unpaired) electrons. The number of rotatable bonds is 37. The van der Waals surface area contributed by atoms with E-state index in [0.29, 0.717) is 12.8 Å². The zero-order valence-corrected chi connectivity index (χ0v) is 33.0. The molecule has 0 saturated heterocycles. The number of hydrogen-bond donors (Lipinski definition) is 3. The maximum Gasteiger partial charge on any atom is 0.472 e. The molecule has 0 aromatic carbocycles. The van der Waals surface area contributed by atoms with E-state index in [4.69, 9.17) is 19.1 Å². The van der Waals surface area contributed by atoms with Gasteiger partial charge in [0.2, 0.25) is 0 Å². The van der Waals surface area contributed by atoms with Gasteiger partial charge in [0.1, 0.15) is 12.7 Å². The Labute approximate surface area is 310 Å². The second-order valence-electron chi connectivity index (χ2n) is 13.3. The first-order chi connectivity index (χ1) is 24.7. The highest BCUT2D eigenvalue weighted by Crippen LogP contribution is 2.43. The van der Waals surface area contributed by atoms with Crippen LogP contribution in [-0.2, 0) is 32.7 Å². The van der Waals surface area contributed by atoms with E-state index < -0.39 is 51.8 Å². The van der Waals surface area contributed by atoms with E-state index >= 15 is 0 Å². The molecule has 0 amide bonds. The highest BCUT2D eigenvalue weighted by atomic mass is 31.2. The number of ether oxygens (including phenoxy) is 2. The summed E-state index contributed by atoms with van der Waals surface area (Å²) >= 11 is 0. The zero-order chi connectivity index (χ0) is 37.7. The molecule has 3 N–H and O–H groups in total. The molecule has 0 spiro atoms. The Morgan fingerprint density at radius 1 is 0.608 bits per heavy atom. The number of esters is 2. The highest BCUT2D eigenvalue weighted by Gasteiger charge is 2.27. The lowest BCUT2D eigenvalue weighted by atomic mass is 10.0. The molecule has 0 aromatic rings. The molecule has 0 bridgehead atoms. The topological polar surface area (TPSA) is 149 Å². The van der Waals surface area contributed by atoms with E-state index in [1.807, 2.05) is 0 Å². The first-order valence-corrected chi connectivity index (χ1v) is 21.4. The van der Waals surface area contributed by atoms with Crippen LogP contribution in [0.1, 0.15) is 168 Å². The minimum Gasteiger partial charge on any atom is -0.462 e. The number of unbranched alkanes of at least 4 members (excludes halogenated alkanes) is 17. The monoisotopic (exact) mass is 744 g/mol. The lowest BCUT2D eigenvalue weighted by molar-refractivity contribution is -0.161. The number of carbonyl (C=O) groups excluding carboxylic acids is 2. The van der Waals surface area contributed by atoms with Crippen molar-refractivity contribution in [1.82, 2.24) is 0 Å². The Balaban J connectivity index is 4.37. The summed E-state index contributed by atoms with van der Waals surface area (Å²) in [4.78, 5) is 34.9. The molecule has 11 heteroatoms. The van der Waals surface area contributed by atoms with Crippen molar-refractivity contribution in [2.75, 3.05) is 26.4 Å².